The second kappa shape index (κ2) is 9.64. The Bertz CT molecular complexity index is 1320. The molecule has 0 aliphatic carbocycles. The maximum Gasteiger partial charge on any atom is 0.275 e. The minimum atomic E-state index is -3.73. The summed E-state index contributed by atoms with van der Waals surface area (Å²) in [4.78, 5) is 25.0. The predicted molar refractivity (Wildman–Crippen MR) is 123 cm³/mol. The first kappa shape index (κ1) is 23.6. The minimum Gasteiger partial charge on any atom is -0.349 e. The number of amides is 1. The van der Waals surface area contributed by atoms with E-state index < -0.39 is 21.4 Å². The summed E-state index contributed by atoms with van der Waals surface area (Å²) >= 11 is 5.91. The lowest BCUT2D eigenvalue weighted by molar-refractivity contribution is 0.0946. The monoisotopic (exact) mass is 474 g/mol. The average molecular weight is 475 g/mol. The molecule has 0 aliphatic heterocycles. The van der Waals surface area contributed by atoms with Crippen LogP contribution in [0, 0.1) is 20.8 Å². The van der Waals surface area contributed by atoms with Crippen LogP contribution in [0.4, 0.5) is 0 Å². The summed E-state index contributed by atoms with van der Waals surface area (Å²) < 4.78 is 29.0. The molecule has 2 N–H and O–H groups in total. The molecule has 0 saturated heterocycles. The summed E-state index contributed by atoms with van der Waals surface area (Å²) in [5, 5.41) is 7.26. The number of hydrogen-bond donors (Lipinski definition) is 2. The largest absolute Gasteiger partial charge is 0.349 e. The van der Waals surface area contributed by atoms with E-state index in [1.54, 1.807) is 50.2 Å². The van der Waals surface area contributed by atoms with E-state index in [0.29, 0.717) is 22.0 Å². The molecule has 1 heterocycles. The predicted octanol–water partition coefficient (Wildman–Crippen LogP) is 2.52. The maximum absolute atomic E-state index is 12.5. The van der Waals surface area contributed by atoms with Gasteiger partial charge in [-0.05, 0) is 62.2 Å². The van der Waals surface area contributed by atoms with Crippen LogP contribution < -0.4 is 15.5 Å². The molecule has 2 aromatic carbocycles. The van der Waals surface area contributed by atoms with Crippen LogP contribution >= 0.6 is 11.6 Å². The highest BCUT2D eigenvalue weighted by atomic mass is 35.5. The summed E-state index contributed by atoms with van der Waals surface area (Å²) in [6, 6.07) is 13.3. The van der Waals surface area contributed by atoms with Gasteiger partial charge in [-0.2, -0.15) is 5.10 Å². The molecule has 0 saturated carbocycles. The van der Waals surface area contributed by atoms with Gasteiger partial charge in [0.1, 0.15) is 0 Å². The van der Waals surface area contributed by atoms with E-state index in [0.717, 1.165) is 5.56 Å². The lowest BCUT2D eigenvalue weighted by atomic mass is 10.2. The Morgan fingerprint density at radius 3 is 2.41 bits per heavy atom. The number of aryl methyl sites for hydroxylation is 3. The highest BCUT2D eigenvalue weighted by molar-refractivity contribution is 7.89. The van der Waals surface area contributed by atoms with Crippen molar-refractivity contribution in [3.05, 3.63) is 86.3 Å². The van der Waals surface area contributed by atoms with Gasteiger partial charge in [-0.25, -0.2) is 17.8 Å². The highest BCUT2D eigenvalue weighted by Crippen LogP contribution is 2.16. The second-order valence-electron chi connectivity index (χ2n) is 7.31. The molecule has 0 unspecified atom stereocenters. The van der Waals surface area contributed by atoms with Crippen LogP contribution in [0.5, 0.6) is 0 Å². The molecule has 0 spiro atoms. The van der Waals surface area contributed by atoms with Crippen molar-refractivity contribution in [2.75, 3.05) is 13.1 Å². The molecule has 32 heavy (non-hydrogen) atoms. The van der Waals surface area contributed by atoms with Crippen molar-refractivity contribution in [2.45, 2.75) is 25.7 Å². The maximum atomic E-state index is 12.5. The molecule has 0 bridgehead atoms. The van der Waals surface area contributed by atoms with Gasteiger partial charge in [-0.15, -0.1) is 0 Å². The Morgan fingerprint density at radius 2 is 1.72 bits per heavy atom. The van der Waals surface area contributed by atoms with Crippen molar-refractivity contribution in [2.24, 2.45) is 0 Å². The van der Waals surface area contributed by atoms with Crippen molar-refractivity contribution >= 4 is 27.5 Å². The third-order valence-electron chi connectivity index (χ3n) is 4.73. The molecular weight excluding hydrogens is 452 g/mol. The van der Waals surface area contributed by atoms with Crippen LogP contribution in [0.15, 0.2) is 58.2 Å². The van der Waals surface area contributed by atoms with Crippen LogP contribution in [0.25, 0.3) is 5.69 Å². The standard InChI is InChI=1S/C22H23ClN4O4S/c1-14-4-5-15(2)20(12-14)32(30,31)25-11-10-24-22(29)21-19(28)13-16(3)27(26-21)18-8-6-17(23)7-9-18/h4-9,12-13,25H,10-11H2,1-3H3,(H,24,29). The zero-order valence-electron chi connectivity index (χ0n) is 17.8. The summed E-state index contributed by atoms with van der Waals surface area (Å²) in [5.41, 5.74) is 1.83. The number of rotatable bonds is 7. The van der Waals surface area contributed by atoms with E-state index in [1.807, 2.05) is 13.0 Å². The summed E-state index contributed by atoms with van der Waals surface area (Å²) in [5.74, 6) is -0.691. The third kappa shape index (κ3) is 5.42. The van der Waals surface area contributed by atoms with Crippen molar-refractivity contribution in [3.63, 3.8) is 0 Å². The van der Waals surface area contributed by atoms with Crippen LogP contribution in [0.2, 0.25) is 5.02 Å². The SMILES string of the molecule is Cc1ccc(C)c(S(=O)(=O)NCCNC(=O)c2nn(-c3ccc(Cl)cc3)c(C)cc2=O)c1. The molecule has 1 amide bonds. The van der Waals surface area contributed by atoms with Gasteiger partial charge in [-0.3, -0.25) is 9.59 Å². The number of hydrogen-bond acceptors (Lipinski definition) is 5. The molecule has 10 heteroatoms. The van der Waals surface area contributed by atoms with Crippen LogP contribution in [-0.2, 0) is 10.0 Å². The van der Waals surface area contributed by atoms with Crippen molar-refractivity contribution in [3.8, 4) is 5.69 Å². The molecule has 0 radical (unpaired) electrons. The normalized spacial score (nSPS) is 11.4. The van der Waals surface area contributed by atoms with E-state index >= 15 is 0 Å². The Labute approximate surface area is 191 Å². The molecule has 0 atom stereocenters. The van der Waals surface area contributed by atoms with E-state index in [-0.39, 0.29) is 23.7 Å². The van der Waals surface area contributed by atoms with Gasteiger partial charge in [0.25, 0.3) is 5.91 Å². The minimum absolute atomic E-state index is 0.0150. The van der Waals surface area contributed by atoms with E-state index in [9.17, 15) is 18.0 Å². The van der Waals surface area contributed by atoms with Crippen LogP contribution in [0.3, 0.4) is 0 Å². The van der Waals surface area contributed by atoms with E-state index in [1.165, 1.54) is 10.7 Å². The molecule has 3 aromatic rings. The Hall–Kier alpha value is -3.01. The van der Waals surface area contributed by atoms with Crippen LogP contribution in [-0.4, -0.2) is 37.2 Å². The quantitative estimate of drug-likeness (QED) is 0.511. The fourth-order valence-corrected chi connectivity index (χ4v) is 4.55. The first-order chi connectivity index (χ1) is 15.1. The van der Waals surface area contributed by atoms with Crippen molar-refractivity contribution in [1.29, 1.82) is 0 Å². The van der Waals surface area contributed by atoms with Gasteiger partial charge in [0.2, 0.25) is 15.5 Å². The zero-order valence-corrected chi connectivity index (χ0v) is 19.4. The smallest absolute Gasteiger partial charge is 0.275 e. The Morgan fingerprint density at radius 1 is 1.03 bits per heavy atom. The summed E-state index contributed by atoms with van der Waals surface area (Å²) in [6.07, 6.45) is 0. The first-order valence-electron chi connectivity index (χ1n) is 9.80. The van der Waals surface area contributed by atoms with Gasteiger partial charge in [0.05, 0.1) is 10.6 Å². The number of halogens is 1. The highest BCUT2D eigenvalue weighted by Gasteiger charge is 2.18. The van der Waals surface area contributed by atoms with E-state index in [2.05, 4.69) is 15.1 Å². The molecule has 0 aliphatic rings. The van der Waals surface area contributed by atoms with Crippen molar-refractivity contribution < 1.29 is 13.2 Å². The molecule has 1 aromatic heterocycles. The number of nitrogens with one attached hydrogen (secondary N) is 2. The molecule has 0 fully saturated rings. The lowest BCUT2D eigenvalue weighted by Crippen LogP contribution is -2.37. The van der Waals surface area contributed by atoms with Crippen LogP contribution in [0.1, 0.15) is 27.3 Å². The zero-order chi connectivity index (χ0) is 23.5. The third-order valence-corrected chi connectivity index (χ3v) is 6.58. The average Bonchev–Trinajstić information content (AvgIpc) is 2.73. The molecule has 3 rings (SSSR count). The fraction of sp³-hybridized carbons (Fsp3) is 0.227. The second-order valence-corrected chi connectivity index (χ2v) is 9.48. The summed E-state index contributed by atoms with van der Waals surface area (Å²) in [6.45, 7) is 5.17. The molecule has 168 valence electrons. The Kier molecular flexibility index (Phi) is 7.12. The number of nitrogens with zero attached hydrogens (tertiary/aromatic N) is 2. The summed E-state index contributed by atoms with van der Waals surface area (Å²) in [7, 11) is -3.73. The number of aromatic nitrogens is 2. The molecular formula is C22H23ClN4O4S. The van der Waals surface area contributed by atoms with Gasteiger partial charge in [-0.1, -0.05) is 23.7 Å². The van der Waals surface area contributed by atoms with Gasteiger partial charge in [0.15, 0.2) is 5.69 Å². The lowest BCUT2D eigenvalue weighted by Gasteiger charge is -2.12. The number of carbonyl (C=O) groups excluding carboxylic acids is 1. The number of carbonyl (C=O) groups is 1. The fourth-order valence-electron chi connectivity index (χ4n) is 3.07. The topological polar surface area (TPSA) is 110 Å². The first-order valence-corrected chi connectivity index (χ1v) is 11.7. The number of benzene rings is 2. The van der Waals surface area contributed by atoms with E-state index in [4.69, 9.17) is 11.6 Å². The van der Waals surface area contributed by atoms with Crippen molar-refractivity contribution in [1.82, 2.24) is 19.8 Å². The Balaban J connectivity index is 1.69. The van der Waals surface area contributed by atoms with Gasteiger partial charge >= 0.3 is 0 Å². The number of sulfonamides is 1. The molecule has 8 nitrogen and oxygen atoms in total. The van der Waals surface area contributed by atoms with Gasteiger partial charge in [0, 0.05) is 29.9 Å². The van der Waals surface area contributed by atoms with Gasteiger partial charge < -0.3 is 5.32 Å².